The summed E-state index contributed by atoms with van der Waals surface area (Å²) in [5.74, 6) is -2.17. The maximum atomic E-state index is 8.89. The van der Waals surface area contributed by atoms with Crippen LogP contribution in [0.15, 0.2) is 0 Å². The maximum absolute atomic E-state index is 8.89. The van der Waals surface area contributed by atoms with Gasteiger partial charge < -0.3 is 36.0 Å². The summed E-state index contributed by atoms with van der Waals surface area (Å²) in [6.45, 7) is 4.22. The summed E-state index contributed by atoms with van der Waals surface area (Å²) in [6, 6.07) is 0. The third kappa shape index (κ3) is 159. The molecule has 9 heteroatoms. The zero-order chi connectivity index (χ0) is 12.7. The van der Waals surface area contributed by atoms with Crippen LogP contribution in [0.3, 0.4) is 0 Å². The molecule has 0 radical (unpaired) electrons. The van der Waals surface area contributed by atoms with Crippen LogP contribution >= 0.6 is 0 Å². The molecule has 0 aromatic heterocycles. The van der Waals surface area contributed by atoms with Crippen molar-refractivity contribution in [2.24, 2.45) is 5.73 Å². The fraction of sp³-hybridized carbons (Fsp3) is 0.750. The van der Waals surface area contributed by atoms with Crippen molar-refractivity contribution in [1.29, 1.82) is 0 Å². The van der Waals surface area contributed by atoms with Crippen molar-refractivity contribution < 1.29 is 84.0 Å². The summed E-state index contributed by atoms with van der Waals surface area (Å²) in [5.41, 5.74) is 5.13. The molecule has 4 N–H and O–H groups in total. The molecule has 0 heterocycles. The predicted molar refractivity (Wildman–Crippen MR) is 50.4 cm³/mol. The Morgan fingerprint density at radius 3 is 1.59 bits per heavy atom. The molecule has 92 valence electrons. The Hall–Kier alpha value is 0.820. The van der Waals surface area contributed by atoms with Crippen LogP contribution in [0.4, 0.5) is 0 Å². The van der Waals surface area contributed by atoms with Crippen molar-refractivity contribution in [2.75, 3.05) is 26.2 Å². The zero-order valence-electron chi connectivity index (χ0n) is 11.0. The topological polar surface area (TPSA) is 139 Å². The molecule has 0 unspecified atom stereocenters. The Balaban J connectivity index is -0.0000000425. The van der Waals surface area contributed by atoms with E-state index in [1.165, 1.54) is 0 Å². The Kier molecular flexibility index (Phi) is 54.4. The van der Waals surface area contributed by atoms with Gasteiger partial charge in [-0.25, -0.2) is 0 Å². The van der Waals surface area contributed by atoms with Gasteiger partial charge in [0, 0.05) is 31.6 Å². The molecule has 17 heavy (non-hydrogen) atoms. The van der Waals surface area contributed by atoms with Gasteiger partial charge in [0.05, 0.1) is 6.61 Å². The molecule has 0 fully saturated rings. The summed E-state index contributed by atoms with van der Waals surface area (Å²) in [5, 5.41) is 28.9. The molecule has 0 saturated carbocycles. The fourth-order valence-electron chi connectivity index (χ4n) is 0.306. The number of carboxylic acid groups (broad SMARTS) is 2. The van der Waals surface area contributed by atoms with Gasteiger partial charge in [0.2, 0.25) is 0 Å². The number of hydrogen-bond acceptors (Lipinski definition) is 7. The SMILES string of the molecule is CC(=O)[O-].CC(=O)[O-].NCCNCCO.[Na+].[Na+]. The van der Waals surface area contributed by atoms with Gasteiger partial charge in [-0.05, 0) is 13.8 Å². The van der Waals surface area contributed by atoms with Gasteiger partial charge in [-0.2, -0.15) is 0 Å². The summed E-state index contributed by atoms with van der Waals surface area (Å²) < 4.78 is 0. The molecular formula is C8H18N2Na2O5. The minimum absolute atomic E-state index is 0. The number of carboxylic acids is 2. The molecule has 0 amide bonds. The monoisotopic (exact) mass is 268 g/mol. The Labute approximate surface area is 146 Å². The van der Waals surface area contributed by atoms with Crippen molar-refractivity contribution in [2.45, 2.75) is 13.8 Å². The van der Waals surface area contributed by atoms with Crippen LogP contribution in [0, 0.1) is 0 Å². The quantitative estimate of drug-likeness (QED) is 0.340. The van der Waals surface area contributed by atoms with Crippen LogP contribution < -0.4 is 80.4 Å². The standard InChI is InChI=1S/C4H12N2O.2C2H4O2.2Na/c5-1-2-6-3-4-7;2*1-2(3)4;;/h6-7H,1-5H2;2*1H3,(H,3,4);;/q;;;2*+1/p-2. The molecule has 0 atom stereocenters. The molecule has 0 rings (SSSR count). The Morgan fingerprint density at radius 2 is 1.41 bits per heavy atom. The van der Waals surface area contributed by atoms with Gasteiger partial charge in [-0.1, -0.05) is 0 Å². The first-order valence-electron chi connectivity index (χ1n) is 4.25. The van der Waals surface area contributed by atoms with Crippen LogP contribution in [0.25, 0.3) is 0 Å². The van der Waals surface area contributed by atoms with E-state index < -0.39 is 11.9 Å². The average Bonchev–Trinajstić information content (AvgIpc) is 2.03. The first kappa shape index (κ1) is 30.7. The number of aliphatic carboxylic acids is 2. The first-order chi connectivity index (χ1) is 6.88. The van der Waals surface area contributed by atoms with E-state index >= 15 is 0 Å². The van der Waals surface area contributed by atoms with E-state index in [-0.39, 0.29) is 65.7 Å². The Morgan fingerprint density at radius 1 is 1.12 bits per heavy atom. The number of carbonyl (C=O) groups is 2. The number of aliphatic hydroxyl groups is 1. The average molecular weight is 268 g/mol. The molecule has 7 nitrogen and oxygen atoms in total. The Bertz CT molecular complexity index is 137. The van der Waals surface area contributed by atoms with Crippen molar-refractivity contribution in [3.05, 3.63) is 0 Å². The fourth-order valence-corrected chi connectivity index (χ4v) is 0.306. The number of nitrogens with one attached hydrogen (secondary N) is 1. The van der Waals surface area contributed by atoms with Crippen molar-refractivity contribution in [1.82, 2.24) is 5.32 Å². The molecule has 0 aliphatic heterocycles. The second-order valence-corrected chi connectivity index (χ2v) is 2.25. The molecule has 0 aromatic rings. The van der Waals surface area contributed by atoms with Gasteiger partial charge in [0.25, 0.3) is 0 Å². The minimum Gasteiger partial charge on any atom is -0.550 e. The largest absolute Gasteiger partial charge is 1.00 e. The third-order valence-corrected chi connectivity index (χ3v) is 0.610. The van der Waals surface area contributed by atoms with Crippen LogP contribution in [0.1, 0.15) is 13.8 Å². The van der Waals surface area contributed by atoms with E-state index in [9.17, 15) is 0 Å². The second-order valence-electron chi connectivity index (χ2n) is 2.25. The van der Waals surface area contributed by atoms with E-state index in [2.05, 4.69) is 5.32 Å². The third-order valence-electron chi connectivity index (χ3n) is 0.610. The van der Waals surface area contributed by atoms with E-state index in [0.29, 0.717) is 13.1 Å². The maximum Gasteiger partial charge on any atom is 1.00 e. The summed E-state index contributed by atoms with van der Waals surface area (Å²) in [7, 11) is 0. The van der Waals surface area contributed by atoms with Gasteiger partial charge in [-0.15, -0.1) is 0 Å². The van der Waals surface area contributed by atoms with E-state index in [1.54, 1.807) is 0 Å². The zero-order valence-corrected chi connectivity index (χ0v) is 15.0. The molecule has 0 saturated heterocycles. The second kappa shape index (κ2) is 30.1. The first-order valence-corrected chi connectivity index (χ1v) is 4.25. The van der Waals surface area contributed by atoms with E-state index in [0.717, 1.165) is 20.4 Å². The van der Waals surface area contributed by atoms with Gasteiger partial charge in [-0.3, -0.25) is 0 Å². The molecule has 0 bridgehead atoms. The van der Waals surface area contributed by atoms with Crippen molar-refractivity contribution in [3.63, 3.8) is 0 Å². The van der Waals surface area contributed by atoms with E-state index in [1.807, 2.05) is 0 Å². The normalized spacial score (nSPS) is 6.82. The van der Waals surface area contributed by atoms with Crippen LogP contribution in [-0.4, -0.2) is 43.3 Å². The molecule has 0 aliphatic carbocycles. The molecule has 0 aliphatic rings. The summed E-state index contributed by atoms with van der Waals surface area (Å²) in [6.07, 6.45) is 0. The number of carbonyl (C=O) groups excluding carboxylic acids is 2. The number of rotatable bonds is 4. The number of hydrogen-bond donors (Lipinski definition) is 3. The van der Waals surface area contributed by atoms with Crippen molar-refractivity contribution >= 4 is 11.9 Å². The van der Waals surface area contributed by atoms with Crippen molar-refractivity contribution in [3.8, 4) is 0 Å². The van der Waals surface area contributed by atoms with Gasteiger partial charge in [0.15, 0.2) is 0 Å². The minimum atomic E-state index is -1.08. The molecule has 0 spiro atoms. The van der Waals surface area contributed by atoms with Gasteiger partial charge in [0.1, 0.15) is 0 Å². The van der Waals surface area contributed by atoms with E-state index in [4.69, 9.17) is 30.6 Å². The molecular weight excluding hydrogens is 250 g/mol. The predicted octanol–water partition coefficient (Wildman–Crippen LogP) is -9.95. The summed E-state index contributed by atoms with van der Waals surface area (Å²) >= 11 is 0. The van der Waals surface area contributed by atoms with Crippen LogP contribution in [0.5, 0.6) is 0 Å². The number of aliphatic hydroxyl groups excluding tert-OH is 1. The van der Waals surface area contributed by atoms with Crippen LogP contribution in [0.2, 0.25) is 0 Å². The van der Waals surface area contributed by atoms with Crippen LogP contribution in [-0.2, 0) is 9.59 Å². The number of nitrogens with two attached hydrogens (primary N) is 1. The van der Waals surface area contributed by atoms with Gasteiger partial charge >= 0.3 is 59.1 Å². The smallest absolute Gasteiger partial charge is 0.550 e. The summed E-state index contributed by atoms with van der Waals surface area (Å²) in [4.78, 5) is 17.8. The molecule has 0 aromatic carbocycles.